The van der Waals surface area contributed by atoms with Gasteiger partial charge in [0.1, 0.15) is 5.82 Å². The molecule has 1 unspecified atom stereocenters. The Morgan fingerprint density at radius 3 is 2.74 bits per heavy atom. The molecule has 1 aliphatic heterocycles. The SMILES string of the molecule is CN=C(NCCc1ccccc1F)NC1CCN(C(=O)C2CCCCC2)C1. The minimum Gasteiger partial charge on any atom is -0.356 e. The maximum Gasteiger partial charge on any atom is 0.225 e. The summed E-state index contributed by atoms with van der Waals surface area (Å²) in [5.41, 5.74) is 0.700. The summed E-state index contributed by atoms with van der Waals surface area (Å²) in [5.74, 6) is 1.11. The first-order valence-corrected chi connectivity index (χ1v) is 10.2. The first-order valence-electron chi connectivity index (χ1n) is 10.2. The number of nitrogens with one attached hydrogen (secondary N) is 2. The average Bonchev–Trinajstić information content (AvgIpc) is 3.17. The van der Waals surface area contributed by atoms with Gasteiger partial charge in [-0.05, 0) is 37.3 Å². The van der Waals surface area contributed by atoms with Crippen LogP contribution in [0.15, 0.2) is 29.3 Å². The highest BCUT2D eigenvalue weighted by molar-refractivity contribution is 5.81. The predicted octanol–water partition coefficient (Wildman–Crippen LogP) is 2.71. The summed E-state index contributed by atoms with van der Waals surface area (Å²) in [4.78, 5) is 19.0. The number of halogens is 1. The van der Waals surface area contributed by atoms with Gasteiger partial charge in [-0.15, -0.1) is 0 Å². The molecule has 1 saturated carbocycles. The first kappa shape index (κ1) is 19.6. The van der Waals surface area contributed by atoms with E-state index < -0.39 is 0 Å². The molecule has 0 radical (unpaired) electrons. The molecule has 0 bridgehead atoms. The van der Waals surface area contributed by atoms with Crippen molar-refractivity contribution in [1.82, 2.24) is 15.5 Å². The fourth-order valence-corrected chi connectivity index (χ4v) is 4.09. The largest absolute Gasteiger partial charge is 0.356 e. The summed E-state index contributed by atoms with van der Waals surface area (Å²) >= 11 is 0. The van der Waals surface area contributed by atoms with Gasteiger partial charge in [0.25, 0.3) is 0 Å². The van der Waals surface area contributed by atoms with E-state index in [0.29, 0.717) is 30.4 Å². The maximum absolute atomic E-state index is 13.7. The number of carbonyl (C=O) groups excluding carboxylic acids is 1. The zero-order valence-electron chi connectivity index (χ0n) is 16.2. The molecular weight excluding hydrogens is 343 g/mol. The molecule has 0 aromatic heterocycles. The lowest BCUT2D eigenvalue weighted by molar-refractivity contribution is -0.135. The van der Waals surface area contributed by atoms with Crippen molar-refractivity contribution in [2.24, 2.45) is 10.9 Å². The van der Waals surface area contributed by atoms with Crippen LogP contribution >= 0.6 is 0 Å². The molecule has 1 amide bonds. The summed E-state index contributed by atoms with van der Waals surface area (Å²) in [6, 6.07) is 7.06. The minimum absolute atomic E-state index is 0.171. The number of guanidine groups is 1. The van der Waals surface area contributed by atoms with Gasteiger partial charge in [-0.3, -0.25) is 9.79 Å². The number of nitrogens with zero attached hydrogens (tertiary/aromatic N) is 2. The number of aliphatic imine (C=N–C) groups is 1. The van der Waals surface area contributed by atoms with E-state index in [0.717, 1.165) is 32.4 Å². The lowest BCUT2D eigenvalue weighted by Crippen LogP contribution is -2.46. The lowest BCUT2D eigenvalue weighted by atomic mass is 9.88. The van der Waals surface area contributed by atoms with Gasteiger partial charge in [0, 0.05) is 38.6 Å². The lowest BCUT2D eigenvalue weighted by Gasteiger charge is -2.26. The highest BCUT2D eigenvalue weighted by atomic mass is 19.1. The van der Waals surface area contributed by atoms with E-state index in [1.54, 1.807) is 19.2 Å². The third kappa shape index (κ3) is 5.44. The molecule has 0 spiro atoms. The Labute approximate surface area is 161 Å². The smallest absolute Gasteiger partial charge is 0.225 e. The molecule has 27 heavy (non-hydrogen) atoms. The summed E-state index contributed by atoms with van der Waals surface area (Å²) in [5, 5.41) is 6.65. The standard InChI is InChI=1S/C21H31FN4O/c1-23-21(24-13-11-16-7-5-6-10-19(16)22)25-18-12-14-26(15-18)20(27)17-8-3-2-4-9-17/h5-7,10,17-18H,2-4,8-9,11-15H2,1H3,(H2,23,24,25). The van der Waals surface area contributed by atoms with Crippen molar-refractivity contribution in [2.45, 2.75) is 51.0 Å². The fourth-order valence-electron chi connectivity index (χ4n) is 4.09. The van der Waals surface area contributed by atoms with E-state index in [2.05, 4.69) is 15.6 Å². The van der Waals surface area contributed by atoms with Gasteiger partial charge >= 0.3 is 0 Å². The summed E-state index contributed by atoms with van der Waals surface area (Å²) in [6.45, 7) is 2.17. The summed E-state index contributed by atoms with van der Waals surface area (Å²) < 4.78 is 13.7. The van der Waals surface area contributed by atoms with Crippen LogP contribution < -0.4 is 10.6 Å². The maximum atomic E-state index is 13.7. The van der Waals surface area contributed by atoms with Crippen molar-refractivity contribution >= 4 is 11.9 Å². The highest BCUT2D eigenvalue weighted by Gasteiger charge is 2.31. The van der Waals surface area contributed by atoms with Crippen molar-refractivity contribution in [3.8, 4) is 0 Å². The van der Waals surface area contributed by atoms with Crippen LogP contribution in [0.1, 0.15) is 44.1 Å². The highest BCUT2D eigenvalue weighted by Crippen LogP contribution is 2.26. The van der Waals surface area contributed by atoms with Gasteiger partial charge in [0.05, 0.1) is 0 Å². The number of carbonyl (C=O) groups is 1. The molecule has 1 aromatic rings. The van der Waals surface area contributed by atoms with Crippen LogP contribution in [-0.4, -0.2) is 49.5 Å². The molecule has 1 aliphatic carbocycles. The molecule has 5 nitrogen and oxygen atoms in total. The van der Waals surface area contributed by atoms with Crippen LogP contribution in [0.3, 0.4) is 0 Å². The fraction of sp³-hybridized carbons (Fsp3) is 0.619. The topological polar surface area (TPSA) is 56.7 Å². The molecule has 3 rings (SSSR count). The molecule has 2 aliphatic rings. The Hall–Kier alpha value is -2.11. The van der Waals surface area contributed by atoms with Gasteiger partial charge in [-0.25, -0.2) is 4.39 Å². The van der Waals surface area contributed by atoms with Crippen molar-refractivity contribution < 1.29 is 9.18 Å². The Morgan fingerprint density at radius 2 is 2.00 bits per heavy atom. The molecule has 148 valence electrons. The summed E-state index contributed by atoms with van der Waals surface area (Å²) in [6.07, 6.45) is 7.27. The third-order valence-corrected chi connectivity index (χ3v) is 5.66. The van der Waals surface area contributed by atoms with E-state index in [1.165, 1.54) is 25.3 Å². The second-order valence-electron chi connectivity index (χ2n) is 7.59. The van der Waals surface area contributed by atoms with Gasteiger partial charge in [0.15, 0.2) is 5.96 Å². The van der Waals surface area contributed by atoms with Crippen LogP contribution in [0.2, 0.25) is 0 Å². The van der Waals surface area contributed by atoms with Crippen LogP contribution in [0, 0.1) is 11.7 Å². The molecular formula is C21H31FN4O. The number of benzene rings is 1. The quantitative estimate of drug-likeness (QED) is 0.615. The monoisotopic (exact) mass is 374 g/mol. The van der Waals surface area contributed by atoms with E-state index in [4.69, 9.17) is 0 Å². The van der Waals surface area contributed by atoms with E-state index in [1.807, 2.05) is 11.0 Å². The molecule has 1 atom stereocenters. The molecule has 2 N–H and O–H groups in total. The van der Waals surface area contributed by atoms with Gasteiger partial charge in [0.2, 0.25) is 5.91 Å². The Kier molecular flexibility index (Phi) is 7.07. The third-order valence-electron chi connectivity index (χ3n) is 5.66. The average molecular weight is 375 g/mol. The van der Waals surface area contributed by atoms with Crippen LogP contribution in [0.5, 0.6) is 0 Å². The zero-order valence-corrected chi connectivity index (χ0v) is 16.2. The number of likely N-dealkylation sites (tertiary alicyclic amines) is 1. The van der Waals surface area contributed by atoms with E-state index in [-0.39, 0.29) is 17.8 Å². The molecule has 1 saturated heterocycles. The number of amides is 1. The van der Waals surface area contributed by atoms with Crippen molar-refractivity contribution in [3.05, 3.63) is 35.6 Å². The van der Waals surface area contributed by atoms with Crippen LogP contribution in [0.25, 0.3) is 0 Å². The van der Waals surface area contributed by atoms with Crippen molar-refractivity contribution in [3.63, 3.8) is 0 Å². The number of rotatable bonds is 5. The van der Waals surface area contributed by atoms with Crippen LogP contribution in [0.4, 0.5) is 4.39 Å². The van der Waals surface area contributed by atoms with Crippen molar-refractivity contribution in [2.75, 3.05) is 26.7 Å². The van der Waals surface area contributed by atoms with Gasteiger partial charge < -0.3 is 15.5 Å². The van der Waals surface area contributed by atoms with E-state index >= 15 is 0 Å². The van der Waals surface area contributed by atoms with Gasteiger partial charge in [-0.2, -0.15) is 0 Å². The zero-order chi connectivity index (χ0) is 19.1. The minimum atomic E-state index is -0.171. The van der Waals surface area contributed by atoms with Gasteiger partial charge in [-0.1, -0.05) is 37.5 Å². The number of hydrogen-bond acceptors (Lipinski definition) is 2. The number of hydrogen-bond donors (Lipinski definition) is 2. The molecule has 1 heterocycles. The molecule has 6 heteroatoms. The summed E-state index contributed by atoms with van der Waals surface area (Å²) in [7, 11) is 1.73. The predicted molar refractivity (Wildman–Crippen MR) is 106 cm³/mol. The van der Waals surface area contributed by atoms with Crippen LogP contribution in [-0.2, 0) is 11.2 Å². The molecule has 2 fully saturated rings. The Morgan fingerprint density at radius 1 is 1.22 bits per heavy atom. The second kappa shape index (κ2) is 9.72. The van der Waals surface area contributed by atoms with E-state index in [9.17, 15) is 9.18 Å². The normalized spacial score (nSPS) is 21.3. The first-order chi connectivity index (χ1) is 13.2. The Bertz CT molecular complexity index is 657. The van der Waals surface area contributed by atoms with Crippen molar-refractivity contribution in [1.29, 1.82) is 0 Å². The molecule has 1 aromatic carbocycles. The second-order valence-corrected chi connectivity index (χ2v) is 7.59. The Balaban J connectivity index is 1.42.